The van der Waals surface area contributed by atoms with E-state index in [0.717, 1.165) is 18.3 Å². The fourth-order valence-corrected chi connectivity index (χ4v) is 2.38. The summed E-state index contributed by atoms with van der Waals surface area (Å²) in [5.41, 5.74) is -0.0775. The topological polar surface area (TPSA) is 20.2 Å². The molecule has 1 heteroatoms. The van der Waals surface area contributed by atoms with Crippen molar-refractivity contribution >= 4 is 0 Å². The minimum absolute atomic E-state index is 0.455. The van der Waals surface area contributed by atoms with Crippen molar-refractivity contribution in [2.75, 3.05) is 0 Å². The predicted molar refractivity (Wildman–Crippen MR) is 45.1 cm³/mol. The summed E-state index contributed by atoms with van der Waals surface area (Å²) in [4.78, 5) is 0. The Morgan fingerprint density at radius 1 is 1.36 bits per heavy atom. The number of rotatable bonds is 0. The van der Waals surface area contributed by atoms with E-state index in [1.807, 2.05) is 13.0 Å². The molecule has 2 aliphatic rings. The Morgan fingerprint density at radius 2 is 2.00 bits per heavy atom. The first-order valence-electron chi connectivity index (χ1n) is 4.35. The van der Waals surface area contributed by atoms with Crippen molar-refractivity contribution in [3.63, 3.8) is 0 Å². The molecule has 0 spiro atoms. The van der Waals surface area contributed by atoms with Crippen LogP contribution >= 0.6 is 0 Å². The van der Waals surface area contributed by atoms with E-state index >= 15 is 0 Å². The molecule has 0 bridgehead atoms. The van der Waals surface area contributed by atoms with E-state index < -0.39 is 5.60 Å². The quantitative estimate of drug-likeness (QED) is 0.526. The second-order valence-corrected chi connectivity index (χ2v) is 4.87. The zero-order valence-electron chi connectivity index (χ0n) is 7.46. The van der Waals surface area contributed by atoms with Gasteiger partial charge in [0.25, 0.3) is 0 Å². The van der Waals surface area contributed by atoms with E-state index in [2.05, 4.69) is 19.9 Å². The van der Waals surface area contributed by atoms with Crippen LogP contribution in [0, 0.1) is 17.3 Å². The zero-order valence-corrected chi connectivity index (χ0v) is 7.46. The average Bonchev–Trinajstić information content (AvgIpc) is 2.32. The van der Waals surface area contributed by atoms with Crippen molar-refractivity contribution in [3.05, 3.63) is 12.2 Å². The lowest BCUT2D eigenvalue weighted by Crippen LogP contribution is -2.24. The van der Waals surface area contributed by atoms with Crippen molar-refractivity contribution in [3.8, 4) is 0 Å². The van der Waals surface area contributed by atoms with Gasteiger partial charge in [-0.1, -0.05) is 26.0 Å². The summed E-state index contributed by atoms with van der Waals surface area (Å²) in [6, 6.07) is 0. The van der Waals surface area contributed by atoms with Gasteiger partial charge in [0, 0.05) is 0 Å². The number of hydrogen-bond acceptors (Lipinski definition) is 1. The van der Waals surface area contributed by atoms with Crippen LogP contribution in [0.3, 0.4) is 0 Å². The lowest BCUT2D eigenvalue weighted by atomic mass is 9.93. The molecule has 0 aliphatic heterocycles. The van der Waals surface area contributed by atoms with Gasteiger partial charge >= 0.3 is 0 Å². The predicted octanol–water partition coefficient (Wildman–Crippen LogP) is 1.97. The molecule has 0 aromatic carbocycles. The van der Waals surface area contributed by atoms with Crippen molar-refractivity contribution < 1.29 is 5.11 Å². The van der Waals surface area contributed by atoms with Gasteiger partial charge in [-0.2, -0.15) is 0 Å². The molecule has 0 saturated heterocycles. The maximum absolute atomic E-state index is 9.72. The van der Waals surface area contributed by atoms with E-state index in [1.54, 1.807) is 0 Å². The molecular formula is C10H16O. The van der Waals surface area contributed by atoms with Crippen LogP contribution in [0.1, 0.15) is 27.2 Å². The molecule has 1 saturated carbocycles. The maximum Gasteiger partial charge on any atom is 0.0802 e. The maximum atomic E-state index is 9.72. The molecule has 0 unspecified atom stereocenters. The number of fused-ring (bicyclic) bond motifs is 1. The molecule has 0 radical (unpaired) electrons. The molecular weight excluding hydrogens is 136 g/mol. The summed E-state index contributed by atoms with van der Waals surface area (Å²) in [5, 5.41) is 9.72. The third-order valence-corrected chi connectivity index (χ3v) is 3.43. The molecule has 1 N–H and O–H groups in total. The molecule has 62 valence electrons. The molecule has 11 heavy (non-hydrogen) atoms. The molecule has 1 fully saturated rings. The van der Waals surface area contributed by atoms with E-state index in [1.165, 1.54) is 0 Å². The smallest absolute Gasteiger partial charge is 0.0802 e. The number of allylic oxidation sites excluding steroid dienone is 1. The van der Waals surface area contributed by atoms with Gasteiger partial charge in [-0.05, 0) is 30.6 Å². The SMILES string of the molecule is CC1(C)[C@@H]2C=C[C@@](C)(O)C[C@@H]21. The normalized spacial score (nSPS) is 52.0. The Bertz CT molecular complexity index is 213. The molecule has 2 aliphatic carbocycles. The van der Waals surface area contributed by atoms with Gasteiger partial charge in [0.1, 0.15) is 0 Å². The lowest BCUT2D eigenvalue weighted by molar-refractivity contribution is 0.0871. The summed E-state index contributed by atoms with van der Waals surface area (Å²) >= 11 is 0. The van der Waals surface area contributed by atoms with Gasteiger partial charge in [-0.3, -0.25) is 0 Å². The fourth-order valence-electron chi connectivity index (χ4n) is 2.38. The van der Waals surface area contributed by atoms with Crippen LogP contribution in [0.15, 0.2) is 12.2 Å². The Hall–Kier alpha value is -0.300. The average molecular weight is 152 g/mol. The van der Waals surface area contributed by atoms with E-state index in [4.69, 9.17) is 0 Å². The third-order valence-electron chi connectivity index (χ3n) is 3.43. The van der Waals surface area contributed by atoms with Crippen molar-refractivity contribution in [1.29, 1.82) is 0 Å². The van der Waals surface area contributed by atoms with E-state index in [-0.39, 0.29) is 0 Å². The standard InChI is InChI=1S/C10H16O/c1-9(2)7-4-5-10(3,11)6-8(7)9/h4-5,7-8,11H,6H2,1-3H3/t7-,8+,10-/m1/s1. The highest BCUT2D eigenvalue weighted by Crippen LogP contribution is 2.63. The summed E-state index contributed by atoms with van der Waals surface area (Å²) in [5.74, 6) is 1.46. The summed E-state index contributed by atoms with van der Waals surface area (Å²) in [6.07, 6.45) is 5.10. The van der Waals surface area contributed by atoms with Gasteiger partial charge in [0.2, 0.25) is 0 Å². The summed E-state index contributed by atoms with van der Waals surface area (Å²) < 4.78 is 0. The van der Waals surface area contributed by atoms with Crippen LogP contribution in [0.2, 0.25) is 0 Å². The molecule has 2 rings (SSSR count). The Morgan fingerprint density at radius 3 is 2.45 bits per heavy atom. The minimum Gasteiger partial charge on any atom is -0.386 e. The highest BCUT2D eigenvalue weighted by molar-refractivity contribution is 5.23. The molecule has 3 atom stereocenters. The van der Waals surface area contributed by atoms with Gasteiger partial charge in [0.05, 0.1) is 5.60 Å². The number of hydrogen-bond donors (Lipinski definition) is 1. The molecule has 0 aromatic heterocycles. The summed E-state index contributed by atoms with van der Waals surface area (Å²) in [6.45, 7) is 6.47. The van der Waals surface area contributed by atoms with Crippen LogP contribution in [0.5, 0.6) is 0 Å². The Kier molecular flexibility index (Phi) is 1.15. The van der Waals surface area contributed by atoms with Gasteiger partial charge in [-0.25, -0.2) is 0 Å². The monoisotopic (exact) mass is 152 g/mol. The van der Waals surface area contributed by atoms with E-state index in [0.29, 0.717) is 5.41 Å². The fraction of sp³-hybridized carbons (Fsp3) is 0.800. The van der Waals surface area contributed by atoms with Crippen LogP contribution in [0.25, 0.3) is 0 Å². The molecule has 1 nitrogen and oxygen atoms in total. The van der Waals surface area contributed by atoms with Crippen LogP contribution in [-0.4, -0.2) is 10.7 Å². The summed E-state index contributed by atoms with van der Waals surface area (Å²) in [7, 11) is 0. The lowest BCUT2D eigenvalue weighted by Gasteiger charge is -2.21. The Labute approximate surface area is 68.1 Å². The third kappa shape index (κ3) is 0.943. The molecule has 0 aromatic rings. The van der Waals surface area contributed by atoms with Crippen LogP contribution in [0.4, 0.5) is 0 Å². The first kappa shape index (κ1) is 7.35. The second-order valence-electron chi connectivity index (χ2n) is 4.87. The van der Waals surface area contributed by atoms with Gasteiger partial charge < -0.3 is 5.11 Å². The van der Waals surface area contributed by atoms with E-state index in [9.17, 15) is 5.11 Å². The van der Waals surface area contributed by atoms with Gasteiger partial charge in [0.15, 0.2) is 0 Å². The van der Waals surface area contributed by atoms with Crippen LogP contribution in [-0.2, 0) is 0 Å². The second kappa shape index (κ2) is 1.71. The zero-order chi connectivity index (χ0) is 8.28. The molecule has 0 amide bonds. The van der Waals surface area contributed by atoms with Crippen molar-refractivity contribution in [2.45, 2.75) is 32.8 Å². The largest absolute Gasteiger partial charge is 0.386 e. The first-order chi connectivity index (χ1) is 4.93. The Balaban J connectivity index is 2.20. The number of aliphatic hydroxyl groups is 1. The van der Waals surface area contributed by atoms with Crippen molar-refractivity contribution in [2.24, 2.45) is 17.3 Å². The highest BCUT2D eigenvalue weighted by Gasteiger charge is 2.59. The highest BCUT2D eigenvalue weighted by atomic mass is 16.3. The van der Waals surface area contributed by atoms with Gasteiger partial charge in [-0.15, -0.1) is 0 Å². The molecule has 0 heterocycles. The minimum atomic E-state index is -0.533. The first-order valence-corrected chi connectivity index (χ1v) is 4.35. The van der Waals surface area contributed by atoms with Crippen LogP contribution < -0.4 is 0 Å². The van der Waals surface area contributed by atoms with Crippen molar-refractivity contribution in [1.82, 2.24) is 0 Å².